The summed E-state index contributed by atoms with van der Waals surface area (Å²) in [5.74, 6) is 1.85. The van der Waals surface area contributed by atoms with Gasteiger partial charge in [-0.05, 0) is 93.1 Å². The zero-order valence-corrected chi connectivity index (χ0v) is 20.8. The number of ether oxygens (including phenoxy) is 2. The van der Waals surface area contributed by atoms with Gasteiger partial charge in [0.05, 0.1) is 19.3 Å². The molecule has 186 valence electrons. The van der Waals surface area contributed by atoms with Crippen LogP contribution in [-0.2, 0) is 9.53 Å². The molecule has 1 amide bonds. The molecule has 3 saturated carbocycles. The molecule has 1 aromatic carbocycles. The van der Waals surface area contributed by atoms with E-state index < -0.39 is 23.7 Å². The fourth-order valence-corrected chi connectivity index (χ4v) is 7.02. The van der Waals surface area contributed by atoms with Gasteiger partial charge in [-0.2, -0.15) is 0 Å². The second-order valence-electron chi connectivity index (χ2n) is 11.6. The van der Waals surface area contributed by atoms with Gasteiger partial charge >= 0.3 is 5.97 Å². The number of esters is 1. The molecule has 5 rings (SSSR count). The van der Waals surface area contributed by atoms with Crippen molar-refractivity contribution >= 4 is 11.9 Å². The summed E-state index contributed by atoms with van der Waals surface area (Å²) < 4.78 is 26.4. The van der Waals surface area contributed by atoms with Gasteiger partial charge in [0, 0.05) is 18.0 Å². The lowest BCUT2D eigenvalue weighted by Gasteiger charge is -2.48. The van der Waals surface area contributed by atoms with Crippen LogP contribution in [0.15, 0.2) is 12.1 Å². The summed E-state index contributed by atoms with van der Waals surface area (Å²) in [7, 11) is 1.31. The van der Waals surface area contributed by atoms with Crippen LogP contribution in [0.5, 0.6) is 5.75 Å². The highest BCUT2D eigenvalue weighted by molar-refractivity contribution is 5.98. The average molecular weight is 472 g/mol. The molecule has 3 unspecified atom stereocenters. The number of hydrogen-bond donors (Lipinski definition) is 0. The van der Waals surface area contributed by atoms with Crippen molar-refractivity contribution < 1.29 is 23.5 Å². The van der Waals surface area contributed by atoms with Crippen molar-refractivity contribution in [2.75, 3.05) is 20.3 Å². The quantitative estimate of drug-likeness (QED) is 0.478. The van der Waals surface area contributed by atoms with Crippen molar-refractivity contribution in [2.45, 2.75) is 83.6 Å². The van der Waals surface area contributed by atoms with Crippen molar-refractivity contribution in [1.82, 2.24) is 4.90 Å². The van der Waals surface area contributed by atoms with Gasteiger partial charge in [0.2, 0.25) is 0 Å². The average Bonchev–Trinajstić information content (AvgIpc) is 3.61. The van der Waals surface area contributed by atoms with Gasteiger partial charge in [-0.25, -0.2) is 9.18 Å². The smallest absolute Gasteiger partial charge is 0.328 e. The SMILES string of the molecule is CCC1(COc2cc(F)c(C(=O)N3CCC3C(=O)OC)cc2C2CC2)CC2CC(C)CC(C2)C1. The molecule has 1 saturated heterocycles. The van der Waals surface area contributed by atoms with E-state index in [9.17, 15) is 9.59 Å². The van der Waals surface area contributed by atoms with Gasteiger partial charge in [0.1, 0.15) is 17.6 Å². The number of fused-ring (bicyclic) bond motifs is 2. The van der Waals surface area contributed by atoms with Crippen molar-refractivity contribution in [1.29, 1.82) is 0 Å². The summed E-state index contributed by atoms with van der Waals surface area (Å²) in [6, 6.07) is 2.49. The molecule has 2 bridgehead atoms. The molecule has 0 N–H and O–H groups in total. The van der Waals surface area contributed by atoms with E-state index in [1.54, 1.807) is 6.07 Å². The first-order valence-corrected chi connectivity index (χ1v) is 13.2. The van der Waals surface area contributed by atoms with Gasteiger partial charge in [0.25, 0.3) is 5.91 Å². The molecule has 0 aromatic heterocycles. The minimum absolute atomic E-state index is 0.0363. The largest absolute Gasteiger partial charge is 0.493 e. The number of halogens is 1. The van der Waals surface area contributed by atoms with Crippen LogP contribution in [0.4, 0.5) is 4.39 Å². The zero-order valence-electron chi connectivity index (χ0n) is 20.8. The minimum Gasteiger partial charge on any atom is -0.493 e. The third kappa shape index (κ3) is 4.45. The molecule has 4 fully saturated rings. The Labute approximate surface area is 202 Å². The Bertz CT molecular complexity index is 940. The van der Waals surface area contributed by atoms with E-state index in [4.69, 9.17) is 9.47 Å². The standard InChI is InChI=1S/C28H38FNO4/c1-4-28(14-18-9-17(2)10-19(11-18)15-28)16-34-25-13-23(29)22(12-21(25)20-5-6-20)26(31)30-8-7-24(30)27(32)33-3/h12-13,17-20,24H,4-11,14-16H2,1-3H3. The number of hydrogen-bond acceptors (Lipinski definition) is 4. The summed E-state index contributed by atoms with van der Waals surface area (Å²) >= 11 is 0. The third-order valence-electron chi connectivity index (χ3n) is 8.97. The maximum absolute atomic E-state index is 15.2. The number of nitrogens with zero attached hydrogens (tertiary/aromatic N) is 1. The van der Waals surface area contributed by atoms with Gasteiger partial charge in [-0.3, -0.25) is 4.79 Å². The first-order chi connectivity index (χ1) is 16.3. The minimum atomic E-state index is -0.616. The lowest BCUT2D eigenvalue weighted by molar-refractivity contribution is -0.149. The highest BCUT2D eigenvalue weighted by Crippen LogP contribution is 2.52. The maximum Gasteiger partial charge on any atom is 0.328 e. The molecule has 0 radical (unpaired) electrons. The monoisotopic (exact) mass is 471 g/mol. The molecular weight excluding hydrogens is 433 g/mol. The number of carbonyl (C=O) groups excluding carboxylic acids is 2. The Balaban J connectivity index is 1.34. The number of carbonyl (C=O) groups is 2. The number of benzene rings is 1. The summed E-state index contributed by atoms with van der Waals surface area (Å²) in [6.07, 6.45) is 10.1. The van der Waals surface area contributed by atoms with Crippen LogP contribution >= 0.6 is 0 Å². The van der Waals surface area contributed by atoms with E-state index in [1.165, 1.54) is 50.2 Å². The Morgan fingerprint density at radius 2 is 1.82 bits per heavy atom. The molecule has 1 aromatic rings. The number of methoxy groups -OCH3 is 1. The summed E-state index contributed by atoms with van der Waals surface area (Å²) in [4.78, 5) is 26.4. The molecule has 3 atom stereocenters. The van der Waals surface area contributed by atoms with E-state index in [0.717, 1.165) is 42.6 Å². The van der Waals surface area contributed by atoms with Crippen LogP contribution in [0.25, 0.3) is 0 Å². The second kappa shape index (κ2) is 9.16. The first-order valence-electron chi connectivity index (χ1n) is 13.2. The number of likely N-dealkylation sites (tertiary alicyclic amines) is 1. The summed E-state index contributed by atoms with van der Waals surface area (Å²) in [6.45, 7) is 5.71. The van der Waals surface area contributed by atoms with Crippen molar-refractivity contribution in [3.63, 3.8) is 0 Å². The highest BCUT2D eigenvalue weighted by Gasteiger charge is 2.44. The fraction of sp³-hybridized carbons (Fsp3) is 0.714. The molecule has 3 aliphatic carbocycles. The van der Waals surface area contributed by atoms with Crippen molar-refractivity contribution in [3.8, 4) is 5.75 Å². The molecule has 4 aliphatic rings. The summed E-state index contributed by atoms with van der Waals surface area (Å²) in [5.41, 5.74) is 1.13. The van der Waals surface area contributed by atoms with Gasteiger partial charge < -0.3 is 14.4 Å². The summed E-state index contributed by atoms with van der Waals surface area (Å²) in [5, 5.41) is 0. The van der Waals surface area contributed by atoms with Crippen molar-refractivity contribution in [2.24, 2.45) is 23.2 Å². The van der Waals surface area contributed by atoms with E-state index in [-0.39, 0.29) is 11.0 Å². The topological polar surface area (TPSA) is 55.8 Å². The van der Waals surface area contributed by atoms with Gasteiger partial charge in [-0.1, -0.05) is 13.8 Å². The Hall–Kier alpha value is -2.11. The predicted molar refractivity (Wildman–Crippen MR) is 127 cm³/mol. The van der Waals surface area contributed by atoms with Crippen LogP contribution in [0.3, 0.4) is 0 Å². The third-order valence-corrected chi connectivity index (χ3v) is 8.97. The molecule has 0 spiro atoms. The van der Waals surface area contributed by atoms with Gasteiger partial charge in [-0.15, -0.1) is 0 Å². The molecule has 1 aliphatic heterocycles. The van der Waals surface area contributed by atoms with Crippen LogP contribution < -0.4 is 4.74 Å². The lowest BCUT2D eigenvalue weighted by atomic mass is 9.58. The Morgan fingerprint density at radius 3 is 2.38 bits per heavy atom. The normalized spacial score (nSPS) is 32.6. The number of amides is 1. The van der Waals surface area contributed by atoms with Crippen LogP contribution in [-0.4, -0.2) is 43.1 Å². The molecule has 34 heavy (non-hydrogen) atoms. The van der Waals surface area contributed by atoms with E-state index in [1.807, 2.05) is 0 Å². The van der Waals surface area contributed by atoms with E-state index in [0.29, 0.717) is 31.2 Å². The number of rotatable bonds is 7. The molecule has 1 heterocycles. The van der Waals surface area contributed by atoms with E-state index in [2.05, 4.69) is 13.8 Å². The van der Waals surface area contributed by atoms with Crippen LogP contribution in [0.1, 0.15) is 93.5 Å². The molecular formula is C28H38FNO4. The highest BCUT2D eigenvalue weighted by atomic mass is 19.1. The van der Waals surface area contributed by atoms with Crippen LogP contribution in [0.2, 0.25) is 0 Å². The lowest BCUT2D eigenvalue weighted by Crippen LogP contribution is -2.55. The van der Waals surface area contributed by atoms with E-state index >= 15 is 4.39 Å². The maximum atomic E-state index is 15.2. The molecule has 5 nitrogen and oxygen atoms in total. The second-order valence-corrected chi connectivity index (χ2v) is 11.6. The molecule has 6 heteroatoms. The fourth-order valence-electron chi connectivity index (χ4n) is 7.02. The van der Waals surface area contributed by atoms with Gasteiger partial charge in [0.15, 0.2) is 0 Å². The van der Waals surface area contributed by atoms with Crippen LogP contribution in [0, 0.1) is 29.0 Å². The first kappa shape index (κ1) is 23.6. The zero-order chi connectivity index (χ0) is 24.0. The Kier molecular flexibility index (Phi) is 6.36. The Morgan fingerprint density at radius 1 is 1.12 bits per heavy atom. The predicted octanol–water partition coefficient (Wildman–Crippen LogP) is 5.71. The van der Waals surface area contributed by atoms with Crippen molar-refractivity contribution in [3.05, 3.63) is 29.1 Å².